The fourth-order valence-corrected chi connectivity index (χ4v) is 2.58. The standard InChI is InChI=1S/C21H21FN4O/c1-13(2)15-7-9-17(10-8-15)24-20(27)19-11-14(3)23-21(26-19)25-18-6-4-5-16(22)12-18/h4-13H,1-3H3,(H,24,27)(H,23,25,26). The van der Waals surface area contributed by atoms with Crippen molar-refractivity contribution >= 4 is 23.2 Å². The Bertz CT molecular complexity index is 955. The highest BCUT2D eigenvalue weighted by Crippen LogP contribution is 2.19. The van der Waals surface area contributed by atoms with Crippen LogP contribution in [0.15, 0.2) is 54.6 Å². The van der Waals surface area contributed by atoms with Gasteiger partial charge in [-0.2, -0.15) is 0 Å². The molecular weight excluding hydrogens is 343 g/mol. The molecule has 0 aliphatic carbocycles. The van der Waals surface area contributed by atoms with E-state index < -0.39 is 0 Å². The summed E-state index contributed by atoms with van der Waals surface area (Å²) in [6.07, 6.45) is 0. The number of benzene rings is 2. The van der Waals surface area contributed by atoms with Gasteiger partial charge in [0.2, 0.25) is 5.95 Å². The average Bonchev–Trinajstić information content (AvgIpc) is 2.61. The van der Waals surface area contributed by atoms with Crippen LogP contribution in [0, 0.1) is 12.7 Å². The number of halogens is 1. The van der Waals surface area contributed by atoms with Crippen LogP contribution in [-0.4, -0.2) is 15.9 Å². The molecule has 0 spiro atoms. The molecule has 2 N–H and O–H groups in total. The highest BCUT2D eigenvalue weighted by molar-refractivity contribution is 6.03. The van der Waals surface area contributed by atoms with E-state index >= 15 is 0 Å². The van der Waals surface area contributed by atoms with Crippen LogP contribution < -0.4 is 10.6 Å². The molecule has 2 aromatic carbocycles. The number of nitrogens with zero attached hydrogens (tertiary/aromatic N) is 2. The molecule has 1 amide bonds. The number of aromatic nitrogens is 2. The maximum Gasteiger partial charge on any atom is 0.274 e. The monoisotopic (exact) mass is 364 g/mol. The lowest BCUT2D eigenvalue weighted by Gasteiger charge is -2.10. The zero-order valence-electron chi connectivity index (χ0n) is 15.5. The summed E-state index contributed by atoms with van der Waals surface area (Å²) < 4.78 is 13.3. The second kappa shape index (κ2) is 7.95. The van der Waals surface area contributed by atoms with E-state index in [2.05, 4.69) is 34.4 Å². The predicted molar refractivity (Wildman–Crippen MR) is 105 cm³/mol. The lowest BCUT2D eigenvalue weighted by atomic mass is 10.0. The number of rotatable bonds is 5. The second-order valence-corrected chi connectivity index (χ2v) is 6.58. The Kier molecular flexibility index (Phi) is 5.45. The smallest absolute Gasteiger partial charge is 0.274 e. The van der Waals surface area contributed by atoms with E-state index in [1.165, 1.54) is 17.7 Å². The zero-order chi connectivity index (χ0) is 19.4. The van der Waals surface area contributed by atoms with Crippen molar-refractivity contribution in [3.8, 4) is 0 Å². The molecule has 0 saturated heterocycles. The van der Waals surface area contributed by atoms with E-state index in [1.807, 2.05) is 24.3 Å². The third-order valence-corrected chi connectivity index (χ3v) is 4.00. The molecule has 27 heavy (non-hydrogen) atoms. The van der Waals surface area contributed by atoms with Gasteiger partial charge in [-0.25, -0.2) is 14.4 Å². The van der Waals surface area contributed by atoms with Crippen molar-refractivity contribution in [3.63, 3.8) is 0 Å². The maximum absolute atomic E-state index is 13.3. The summed E-state index contributed by atoms with van der Waals surface area (Å²) >= 11 is 0. The SMILES string of the molecule is Cc1cc(C(=O)Nc2ccc(C(C)C)cc2)nc(Nc2cccc(F)c2)n1. The lowest BCUT2D eigenvalue weighted by molar-refractivity contribution is 0.102. The van der Waals surface area contributed by atoms with Crippen LogP contribution in [0.1, 0.15) is 41.5 Å². The second-order valence-electron chi connectivity index (χ2n) is 6.58. The van der Waals surface area contributed by atoms with Crippen LogP contribution in [-0.2, 0) is 0 Å². The van der Waals surface area contributed by atoms with E-state index in [0.717, 1.165) is 0 Å². The Morgan fingerprint density at radius 3 is 2.41 bits per heavy atom. The number of aryl methyl sites for hydroxylation is 1. The molecular formula is C21H21FN4O. The number of carbonyl (C=O) groups is 1. The van der Waals surface area contributed by atoms with Crippen molar-refractivity contribution in [2.75, 3.05) is 10.6 Å². The number of hydrogen-bond donors (Lipinski definition) is 2. The third kappa shape index (κ3) is 4.88. The first kappa shape index (κ1) is 18.5. The van der Waals surface area contributed by atoms with E-state index in [1.54, 1.807) is 25.1 Å². The lowest BCUT2D eigenvalue weighted by Crippen LogP contribution is -2.15. The number of anilines is 3. The van der Waals surface area contributed by atoms with Gasteiger partial charge in [-0.15, -0.1) is 0 Å². The summed E-state index contributed by atoms with van der Waals surface area (Å²) in [5.74, 6) is -0.0350. The Labute approximate surface area is 157 Å². The topological polar surface area (TPSA) is 66.9 Å². The molecule has 0 fully saturated rings. The minimum absolute atomic E-state index is 0.231. The molecule has 0 saturated carbocycles. The van der Waals surface area contributed by atoms with Gasteiger partial charge in [-0.05, 0) is 54.8 Å². The van der Waals surface area contributed by atoms with E-state index in [-0.39, 0.29) is 23.4 Å². The van der Waals surface area contributed by atoms with Crippen LogP contribution in [0.25, 0.3) is 0 Å². The van der Waals surface area contributed by atoms with Crippen molar-refractivity contribution in [2.24, 2.45) is 0 Å². The molecule has 3 rings (SSSR count). The molecule has 1 aromatic heterocycles. The van der Waals surface area contributed by atoms with Gasteiger partial charge in [-0.1, -0.05) is 32.0 Å². The molecule has 0 radical (unpaired) electrons. The van der Waals surface area contributed by atoms with Crippen LogP contribution >= 0.6 is 0 Å². The molecule has 0 unspecified atom stereocenters. The predicted octanol–water partition coefficient (Wildman–Crippen LogP) is 5.04. The quantitative estimate of drug-likeness (QED) is 0.665. The Hall–Kier alpha value is -3.28. The number of hydrogen-bond acceptors (Lipinski definition) is 4. The van der Waals surface area contributed by atoms with Gasteiger partial charge in [-0.3, -0.25) is 4.79 Å². The Balaban J connectivity index is 1.77. The van der Waals surface area contributed by atoms with Crippen molar-refractivity contribution in [2.45, 2.75) is 26.7 Å². The summed E-state index contributed by atoms with van der Waals surface area (Å²) in [6.45, 7) is 6.00. The summed E-state index contributed by atoms with van der Waals surface area (Å²) in [5.41, 5.74) is 3.27. The molecule has 6 heteroatoms. The molecule has 5 nitrogen and oxygen atoms in total. The van der Waals surface area contributed by atoms with Crippen LogP contribution in [0.4, 0.5) is 21.7 Å². The van der Waals surface area contributed by atoms with E-state index in [4.69, 9.17) is 0 Å². The highest BCUT2D eigenvalue weighted by Gasteiger charge is 2.12. The molecule has 1 heterocycles. The molecule has 0 bridgehead atoms. The summed E-state index contributed by atoms with van der Waals surface area (Å²) in [4.78, 5) is 21.1. The molecule has 0 aliphatic heterocycles. The zero-order valence-corrected chi connectivity index (χ0v) is 15.5. The summed E-state index contributed by atoms with van der Waals surface area (Å²) in [5, 5.41) is 5.76. The van der Waals surface area contributed by atoms with Gasteiger partial charge < -0.3 is 10.6 Å². The van der Waals surface area contributed by atoms with Crippen molar-refractivity contribution in [1.82, 2.24) is 9.97 Å². The first-order chi connectivity index (χ1) is 12.9. The van der Waals surface area contributed by atoms with Crippen LogP contribution in [0.2, 0.25) is 0 Å². The van der Waals surface area contributed by atoms with Crippen molar-refractivity contribution < 1.29 is 9.18 Å². The first-order valence-corrected chi connectivity index (χ1v) is 8.70. The third-order valence-electron chi connectivity index (χ3n) is 4.00. The van der Waals surface area contributed by atoms with Gasteiger partial charge in [0.25, 0.3) is 5.91 Å². The van der Waals surface area contributed by atoms with Crippen molar-refractivity contribution in [1.29, 1.82) is 0 Å². The fraction of sp³-hybridized carbons (Fsp3) is 0.190. The highest BCUT2D eigenvalue weighted by atomic mass is 19.1. The van der Waals surface area contributed by atoms with Gasteiger partial charge >= 0.3 is 0 Å². The van der Waals surface area contributed by atoms with Crippen molar-refractivity contribution in [3.05, 3.63) is 77.4 Å². The molecule has 0 atom stereocenters. The summed E-state index contributed by atoms with van der Waals surface area (Å²) in [7, 11) is 0. The number of carbonyl (C=O) groups excluding carboxylic acids is 1. The van der Waals surface area contributed by atoms with E-state index in [9.17, 15) is 9.18 Å². The molecule has 138 valence electrons. The van der Waals surface area contributed by atoms with Gasteiger partial charge in [0.15, 0.2) is 0 Å². The van der Waals surface area contributed by atoms with Gasteiger partial charge in [0.1, 0.15) is 11.5 Å². The number of nitrogens with one attached hydrogen (secondary N) is 2. The Morgan fingerprint density at radius 1 is 1.00 bits per heavy atom. The molecule has 3 aromatic rings. The summed E-state index contributed by atoms with van der Waals surface area (Å²) in [6, 6.07) is 15.3. The molecule has 0 aliphatic rings. The first-order valence-electron chi connectivity index (χ1n) is 8.70. The number of amides is 1. The minimum Gasteiger partial charge on any atom is -0.324 e. The van der Waals surface area contributed by atoms with E-state index in [0.29, 0.717) is 23.0 Å². The fourth-order valence-electron chi connectivity index (χ4n) is 2.58. The van der Waals surface area contributed by atoms with Gasteiger partial charge in [0.05, 0.1) is 0 Å². The largest absolute Gasteiger partial charge is 0.324 e. The van der Waals surface area contributed by atoms with Crippen LogP contribution in [0.3, 0.4) is 0 Å². The minimum atomic E-state index is -0.365. The van der Waals surface area contributed by atoms with Gasteiger partial charge in [0, 0.05) is 17.1 Å². The Morgan fingerprint density at radius 2 is 1.74 bits per heavy atom. The normalized spacial score (nSPS) is 10.7. The van der Waals surface area contributed by atoms with Crippen LogP contribution in [0.5, 0.6) is 0 Å². The average molecular weight is 364 g/mol. The maximum atomic E-state index is 13.3.